The minimum Gasteiger partial charge on any atom is -0.384 e. The standard InChI is InChI=1S/C44H49ClF3N5O7S3/c45-33-10-6-30(7-11-33)40-19-23-59-28-32(40)25-49-20-21-50-34-12-8-31(9-13-34)43(54)52-63(57,58)39-16-17-41(42(24-39)62(55,56)44(46,47)48)51-35(29-61-38-4-2-1-3-5-38)18-22-53-26-36-14-15-37(27-53)60-36/h1-13,16-17,24,35-37,49-51H,14-15,18-23,25-29H2,(H,52,54)/t35-,36?,37?/m1/s1. The van der Waals surface area contributed by atoms with Gasteiger partial charge >= 0.3 is 5.51 Å². The average Bonchev–Trinajstić information content (AvgIpc) is 3.61. The third kappa shape index (κ3) is 12.4. The SMILES string of the molecule is O=C(NS(=O)(=O)c1ccc(N[C@H](CCN2CC3CCC(C2)O3)CSc2ccccc2)c(S(=O)(=O)C(F)(F)F)c1)c1ccc(NCCNCC2=C(c3ccc(Cl)cc3)CCOC2)cc1. The van der Waals surface area contributed by atoms with E-state index in [2.05, 4.69) is 20.9 Å². The summed E-state index contributed by atoms with van der Waals surface area (Å²) in [6.07, 6.45) is 3.44. The molecular formula is C44H49ClF3N5O7S3. The van der Waals surface area contributed by atoms with E-state index in [9.17, 15) is 34.8 Å². The van der Waals surface area contributed by atoms with Crippen LogP contribution in [-0.2, 0) is 29.3 Å². The Bertz CT molecular complexity index is 2450. The average molecular weight is 949 g/mol. The summed E-state index contributed by atoms with van der Waals surface area (Å²) < 4.78 is 109. The van der Waals surface area contributed by atoms with Crippen molar-refractivity contribution in [3.63, 3.8) is 0 Å². The number of fused-ring (bicyclic) bond motifs is 2. The number of ether oxygens (including phenoxy) is 2. The molecule has 4 N–H and O–H groups in total. The van der Waals surface area contributed by atoms with Crippen LogP contribution in [0.3, 0.4) is 0 Å². The molecule has 2 unspecified atom stereocenters. The molecule has 0 aliphatic carbocycles. The zero-order valence-electron chi connectivity index (χ0n) is 34.2. The predicted octanol–water partition coefficient (Wildman–Crippen LogP) is 7.45. The molecule has 2 saturated heterocycles. The summed E-state index contributed by atoms with van der Waals surface area (Å²) in [5.41, 5.74) is -2.04. The summed E-state index contributed by atoms with van der Waals surface area (Å²) in [6, 6.07) is 25.0. The minimum atomic E-state index is -6.06. The van der Waals surface area contributed by atoms with Gasteiger partial charge in [0.1, 0.15) is 4.90 Å². The molecule has 63 heavy (non-hydrogen) atoms. The van der Waals surface area contributed by atoms with Gasteiger partial charge in [-0.25, -0.2) is 21.6 Å². The van der Waals surface area contributed by atoms with Crippen molar-refractivity contribution in [1.82, 2.24) is 14.9 Å². The topological polar surface area (TPSA) is 155 Å². The summed E-state index contributed by atoms with van der Waals surface area (Å²) in [7, 11) is -10.9. The Morgan fingerprint density at radius 2 is 1.62 bits per heavy atom. The van der Waals surface area contributed by atoms with Crippen molar-refractivity contribution < 1.29 is 44.3 Å². The lowest BCUT2D eigenvalue weighted by molar-refractivity contribution is -0.0436. The van der Waals surface area contributed by atoms with Crippen LogP contribution in [0.5, 0.6) is 0 Å². The predicted molar refractivity (Wildman–Crippen MR) is 239 cm³/mol. The maximum Gasteiger partial charge on any atom is 0.501 e. The number of carbonyl (C=O) groups is 1. The lowest BCUT2D eigenvalue weighted by Crippen LogP contribution is -2.44. The van der Waals surface area contributed by atoms with E-state index in [4.69, 9.17) is 21.1 Å². The number of nitrogens with zero attached hydrogens (tertiary/aromatic N) is 1. The Morgan fingerprint density at radius 1 is 0.905 bits per heavy atom. The van der Waals surface area contributed by atoms with Crippen LogP contribution in [0.15, 0.2) is 117 Å². The first kappa shape index (κ1) is 46.8. The number of benzene rings is 4. The number of alkyl halides is 3. The fourth-order valence-corrected chi connectivity index (χ4v) is 10.9. The highest BCUT2D eigenvalue weighted by Crippen LogP contribution is 2.37. The number of amides is 1. The molecule has 0 aromatic heterocycles. The summed E-state index contributed by atoms with van der Waals surface area (Å²) in [5.74, 6) is -0.686. The first-order valence-corrected chi connectivity index (χ1v) is 24.9. The summed E-state index contributed by atoms with van der Waals surface area (Å²) in [5, 5.41) is 10.3. The molecule has 4 aromatic carbocycles. The number of hydrogen-bond donors (Lipinski definition) is 4. The van der Waals surface area contributed by atoms with E-state index < -0.39 is 52.8 Å². The molecule has 0 saturated carbocycles. The van der Waals surface area contributed by atoms with Crippen LogP contribution in [0, 0.1) is 0 Å². The zero-order valence-corrected chi connectivity index (χ0v) is 37.4. The number of anilines is 2. The molecule has 19 heteroatoms. The second-order valence-electron chi connectivity index (χ2n) is 15.6. The molecule has 3 heterocycles. The van der Waals surface area contributed by atoms with Gasteiger partial charge in [-0.05, 0) is 109 Å². The van der Waals surface area contributed by atoms with Gasteiger partial charge in [-0.2, -0.15) is 13.2 Å². The number of sulfone groups is 1. The number of thioether (sulfide) groups is 1. The minimum absolute atomic E-state index is 0.0466. The van der Waals surface area contributed by atoms with Crippen molar-refractivity contribution in [2.45, 2.75) is 64.1 Å². The molecule has 12 nitrogen and oxygen atoms in total. The van der Waals surface area contributed by atoms with Crippen LogP contribution < -0.4 is 20.7 Å². The van der Waals surface area contributed by atoms with Crippen LogP contribution in [0.4, 0.5) is 24.5 Å². The Morgan fingerprint density at radius 3 is 2.32 bits per heavy atom. The Labute approximate surface area is 375 Å². The highest BCUT2D eigenvalue weighted by atomic mass is 35.5. The molecule has 2 bridgehead atoms. The van der Waals surface area contributed by atoms with Crippen LogP contribution in [0.2, 0.25) is 5.02 Å². The van der Waals surface area contributed by atoms with E-state index in [-0.39, 0.29) is 17.8 Å². The van der Waals surface area contributed by atoms with Gasteiger partial charge in [0.25, 0.3) is 25.8 Å². The highest BCUT2D eigenvalue weighted by molar-refractivity contribution is 7.99. The smallest absolute Gasteiger partial charge is 0.384 e. The monoisotopic (exact) mass is 947 g/mol. The van der Waals surface area contributed by atoms with Gasteiger partial charge in [-0.1, -0.05) is 41.9 Å². The number of nitrogens with one attached hydrogen (secondary N) is 4. The fourth-order valence-electron chi connectivity index (χ4n) is 7.79. The van der Waals surface area contributed by atoms with Gasteiger partial charge in [-0.15, -0.1) is 11.8 Å². The molecular weight excluding hydrogens is 899 g/mol. The Balaban J connectivity index is 0.990. The second-order valence-corrected chi connectivity index (χ2v) is 20.7. The van der Waals surface area contributed by atoms with Crippen LogP contribution in [-0.4, -0.2) is 110 Å². The maximum atomic E-state index is 14.2. The molecule has 0 radical (unpaired) electrons. The van der Waals surface area contributed by atoms with Crippen molar-refractivity contribution in [2.24, 2.45) is 0 Å². The lowest BCUT2D eigenvalue weighted by atomic mass is 9.96. The van der Waals surface area contributed by atoms with Gasteiger partial charge in [0.15, 0.2) is 0 Å². The fraction of sp³-hybridized carbons (Fsp3) is 0.386. The van der Waals surface area contributed by atoms with Gasteiger partial charge in [0, 0.05) is 72.2 Å². The molecule has 0 spiro atoms. The van der Waals surface area contributed by atoms with Gasteiger partial charge in [-0.3, -0.25) is 9.69 Å². The molecule has 3 aliphatic heterocycles. The van der Waals surface area contributed by atoms with Crippen LogP contribution in [0.1, 0.15) is 41.6 Å². The highest BCUT2D eigenvalue weighted by Gasteiger charge is 2.48. The van der Waals surface area contributed by atoms with E-state index >= 15 is 0 Å². The van der Waals surface area contributed by atoms with Crippen molar-refractivity contribution in [3.8, 4) is 0 Å². The normalized spacial score (nSPS) is 18.9. The van der Waals surface area contributed by atoms with E-state index in [1.165, 1.54) is 29.5 Å². The quantitative estimate of drug-likeness (QED) is 0.0545. The lowest BCUT2D eigenvalue weighted by Gasteiger charge is -2.33. The van der Waals surface area contributed by atoms with Crippen molar-refractivity contribution in [1.29, 1.82) is 0 Å². The molecule has 1 amide bonds. The number of hydrogen-bond acceptors (Lipinski definition) is 12. The van der Waals surface area contributed by atoms with Crippen molar-refractivity contribution >= 4 is 66.1 Å². The van der Waals surface area contributed by atoms with Gasteiger partial charge < -0.3 is 25.4 Å². The first-order chi connectivity index (χ1) is 30.1. The van der Waals surface area contributed by atoms with Gasteiger partial charge in [0.2, 0.25) is 0 Å². The summed E-state index contributed by atoms with van der Waals surface area (Å²) >= 11 is 7.52. The van der Waals surface area contributed by atoms with E-state index in [0.717, 1.165) is 60.5 Å². The maximum absolute atomic E-state index is 14.2. The third-order valence-corrected chi connectivity index (χ3v) is 15.3. The molecule has 3 aliphatic rings. The zero-order chi connectivity index (χ0) is 44.6. The summed E-state index contributed by atoms with van der Waals surface area (Å²) in [6.45, 7) is 4.96. The Kier molecular flexibility index (Phi) is 15.5. The number of rotatable bonds is 19. The Hall–Kier alpha value is -4.14. The molecule has 2 fully saturated rings. The number of likely N-dealkylation sites (tertiary alicyclic amines) is 1. The van der Waals surface area contributed by atoms with E-state index in [0.29, 0.717) is 68.3 Å². The second kappa shape index (κ2) is 20.8. The molecule has 7 rings (SSSR count). The number of carbonyl (C=O) groups excluding carboxylic acids is 1. The van der Waals surface area contributed by atoms with Crippen molar-refractivity contribution in [3.05, 3.63) is 119 Å². The first-order valence-electron chi connectivity index (χ1n) is 20.6. The molecule has 338 valence electrons. The third-order valence-electron chi connectivity index (χ3n) is 11.1. The molecule has 3 atom stereocenters. The number of morpholine rings is 1. The number of halogens is 4. The van der Waals surface area contributed by atoms with Crippen LogP contribution >= 0.6 is 23.4 Å². The van der Waals surface area contributed by atoms with Crippen molar-refractivity contribution in [2.75, 3.05) is 68.9 Å². The van der Waals surface area contributed by atoms with Crippen LogP contribution in [0.25, 0.3) is 5.57 Å². The van der Waals surface area contributed by atoms with Gasteiger partial charge in [0.05, 0.1) is 36.0 Å². The molecule has 4 aromatic rings. The van der Waals surface area contributed by atoms with E-state index in [1.54, 1.807) is 12.1 Å². The number of sulfonamides is 1. The van der Waals surface area contributed by atoms with E-state index in [1.807, 2.05) is 59.3 Å². The summed E-state index contributed by atoms with van der Waals surface area (Å²) in [4.78, 5) is 14.2. The largest absolute Gasteiger partial charge is 0.501 e.